The van der Waals surface area contributed by atoms with Gasteiger partial charge in [0.15, 0.2) is 0 Å². The summed E-state index contributed by atoms with van der Waals surface area (Å²) in [5.41, 5.74) is 1.11. The van der Waals surface area contributed by atoms with E-state index in [1.165, 1.54) is 12.2 Å². The number of esters is 2. The van der Waals surface area contributed by atoms with Gasteiger partial charge in [0.2, 0.25) is 0 Å². The van der Waals surface area contributed by atoms with Crippen LogP contribution in [-0.2, 0) is 19.1 Å². The quantitative estimate of drug-likeness (QED) is 0.616. The van der Waals surface area contributed by atoms with Gasteiger partial charge < -0.3 is 9.47 Å². The first-order valence-corrected chi connectivity index (χ1v) is 7.17. The summed E-state index contributed by atoms with van der Waals surface area (Å²) < 4.78 is 10.1. The fourth-order valence-corrected chi connectivity index (χ4v) is 1.66. The van der Waals surface area contributed by atoms with Gasteiger partial charge in [0.05, 0.1) is 6.61 Å². The van der Waals surface area contributed by atoms with Crippen molar-refractivity contribution in [3.8, 4) is 0 Å². The highest BCUT2D eigenvalue weighted by Crippen LogP contribution is 2.14. The molecule has 4 nitrogen and oxygen atoms in total. The Morgan fingerprint density at radius 2 is 1.50 bits per heavy atom. The summed E-state index contributed by atoms with van der Waals surface area (Å²) in [7, 11) is 0. The number of rotatable bonds is 5. The molecule has 0 amide bonds. The van der Waals surface area contributed by atoms with Crippen LogP contribution in [-0.4, -0.2) is 24.1 Å². The van der Waals surface area contributed by atoms with Crippen LogP contribution in [0.5, 0.6) is 0 Å². The van der Waals surface area contributed by atoms with Crippen LogP contribution < -0.4 is 0 Å². The number of carbonyl (C=O) groups excluding carboxylic acids is 2. The fourth-order valence-electron chi connectivity index (χ4n) is 1.66. The summed E-state index contributed by atoms with van der Waals surface area (Å²) in [4.78, 5) is 23.0. The van der Waals surface area contributed by atoms with Gasteiger partial charge in [-0.1, -0.05) is 24.3 Å². The van der Waals surface area contributed by atoms with Gasteiger partial charge in [-0.2, -0.15) is 0 Å². The number of carbonyl (C=O) groups is 2. The Morgan fingerprint density at radius 1 is 1.00 bits per heavy atom. The molecule has 0 aliphatic heterocycles. The van der Waals surface area contributed by atoms with Crippen LogP contribution in [0.4, 0.5) is 0 Å². The molecule has 22 heavy (non-hydrogen) atoms. The van der Waals surface area contributed by atoms with E-state index in [-0.39, 0.29) is 0 Å². The van der Waals surface area contributed by atoms with Crippen molar-refractivity contribution in [2.45, 2.75) is 33.3 Å². The molecular formula is C18H22O4. The van der Waals surface area contributed by atoms with Crippen LogP contribution in [0.3, 0.4) is 0 Å². The largest absolute Gasteiger partial charge is 0.463 e. The molecule has 0 unspecified atom stereocenters. The molecule has 0 N–H and O–H groups in total. The van der Waals surface area contributed by atoms with Crippen LogP contribution in [0, 0.1) is 0 Å². The third kappa shape index (κ3) is 6.88. The van der Waals surface area contributed by atoms with Gasteiger partial charge >= 0.3 is 11.9 Å². The topological polar surface area (TPSA) is 52.6 Å². The average molecular weight is 302 g/mol. The number of ether oxygens (including phenoxy) is 2. The lowest BCUT2D eigenvalue weighted by Crippen LogP contribution is -2.22. The first-order valence-electron chi connectivity index (χ1n) is 7.17. The van der Waals surface area contributed by atoms with Gasteiger partial charge in [0.25, 0.3) is 0 Å². The lowest BCUT2D eigenvalue weighted by Gasteiger charge is -2.17. The summed E-state index contributed by atoms with van der Waals surface area (Å²) in [6, 6.07) is 7.42. The van der Waals surface area contributed by atoms with Gasteiger partial charge in [-0.05, 0) is 51.0 Å². The summed E-state index contributed by atoms with van der Waals surface area (Å²) in [5, 5.41) is 0. The Balaban J connectivity index is 2.84. The molecule has 4 heteroatoms. The number of benzene rings is 1. The molecule has 0 fully saturated rings. The SMILES string of the molecule is CCOC(=O)/C=C/c1ccccc1/C=C/C(=O)OC(C)(C)C. The summed E-state index contributed by atoms with van der Waals surface area (Å²) in [6.07, 6.45) is 6.07. The predicted octanol–water partition coefficient (Wildman–Crippen LogP) is 3.62. The Labute approximate surface area is 131 Å². The van der Waals surface area contributed by atoms with E-state index in [4.69, 9.17) is 9.47 Å². The highest BCUT2D eigenvalue weighted by atomic mass is 16.6. The molecule has 0 atom stereocenters. The Kier molecular flexibility index (Phi) is 6.57. The van der Waals surface area contributed by atoms with Gasteiger partial charge in [0, 0.05) is 12.2 Å². The van der Waals surface area contributed by atoms with Crippen LogP contribution in [0.15, 0.2) is 36.4 Å². The molecule has 0 aliphatic rings. The monoisotopic (exact) mass is 302 g/mol. The maximum Gasteiger partial charge on any atom is 0.331 e. The smallest absolute Gasteiger partial charge is 0.331 e. The van der Waals surface area contributed by atoms with Gasteiger partial charge in [0.1, 0.15) is 5.60 Å². The molecule has 0 aromatic heterocycles. The minimum Gasteiger partial charge on any atom is -0.463 e. The zero-order valence-corrected chi connectivity index (χ0v) is 13.5. The van der Waals surface area contributed by atoms with E-state index in [9.17, 15) is 9.59 Å². The molecule has 0 saturated carbocycles. The molecule has 0 heterocycles. The maximum atomic E-state index is 11.7. The van der Waals surface area contributed by atoms with Crippen molar-refractivity contribution in [1.29, 1.82) is 0 Å². The van der Waals surface area contributed by atoms with E-state index in [1.807, 2.05) is 45.0 Å². The van der Waals surface area contributed by atoms with Gasteiger partial charge in [-0.15, -0.1) is 0 Å². The molecule has 118 valence electrons. The van der Waals surface area contributed by atoms with Crippen molar-refractivity contribution in [2.24, 2.45) is 0 Å². The summed E-state index contributed by atoms with van der Waals surface area (Å²) in [6.45, 7) is 7.53. The molecule has 0 saturated heterocycles. The zero-order valence-electron chi connectivity index (χ0n) is 13.5. The Hall–Kier alpha value is -2.36. The van der Waals surface area contributed by atoms with Crippen molar-refractivity contribution in [3.63, 3.8) is 0 Å². The van der Waals surface area contributed by atoms with Crippen molar-refractivity contribution in [1.82, 2.24) is 0 Å². The average Bonchev–Trinajstić information content (AvgIpc) is 2.42. The zero-order chi connectivity index (χ0) is 16.6. The normalized spacial score (nSPS) is 11.8. The highest BCUT2D eigenvalue weighted by Gasteiger charge is 2.13. The second-order valence-corrected chi connectivity index (χ2v) is 5.58. The van der Waals surface area contributed by atoms with Gasteiger partial charge in [-0.25, -0.2) is 9.59 Å². The van der Waals surface area contributed by atoms with Crippen LogP contribution in [0.1, 0.15) is 38.8 Å². The molecule has 0 aliphatic carbocycles. The Morgan fingerprint density at radius 3 is 1.95 bits per heavy atom. The fraction of sp³-hybridized carbons (Fsp3) is 0.333. The molecule has 0 radical (unpaired) electrons. The molecule has 0 bridgehead atoms. The van der Waals surface area contributed by atoms with Crippen LogP contribution in [0.25, 0.3) is 12.2 Å². The number of hydrogen-bond acceptors (Lipinski definition) is 4. The van der Waals surface area contributed by atoms with E-state index in [0.29, 0.717) is 6.61 Å². The van der Waals surface area contributed by atoms with Crippen molar-refractivity contribution in [3.05, 3.63) is 47.5 Å². The van der Waals surface area contributed by atoms with E-state index < -0.39 is 17.5 Å². The van der Waals surface area contributed by atoms with Crippen LogP contribution >= 0.6 is 0 Å². The van der Waals surface area contributed by atoms with Crippen molar-refractivity contribution < 1.29 is 19.1 Å². The first kappa shape index (κ1) is 17.7. The van der Waals surface area contributed by atoms with Crippen LogP contribution in [0.2, 0.25) is 0 Å². The molecule has 0 spiro atoms. The maximum absolute atomic E-state index is 11.7. The van der Waals surface area contributed by atoms with E-state index in [2.05, 4.69) is 0 Å². The minimum absolute atomic E-state index is 0.337. The predicted molar refractivity (Wildman–Crippen MR) is 87.0 cm³/mol. The lowest BCUT2D eigenvalue weighted by atomic mass is 10.1. The number of hydrogen-bond donors (Lipinski definition) is 0. The second kappa shape index (κ2) is 8.17. The third-order valence-electron chi connectivity index (χ3n) is 2.49. The molecule has 1 aromatic carbocycles. The third-order valence-corrected chi connectivity index (χ3v) is 2.49. The molecule has 1 aromatic rings. The van der Waals surface area contributed by atoms with E-state index in [1.54, 1.807) is 19.1 Å². The minimum atomic E-state index is -0.523. The van der Waals surface area contributed by atoms with Crippen molar-refractivity contribution >= 4 is 24.1 Å². The van der Waals surface area contributed by atoms with Gasteiger partial charge in [-0.3, -0.25) is 0 Å². The molecular weight excluding hydrogens is 280 g/mol. The second-order valence-electron chi connectivity index (χ2n) is 5.58. The summed E-state index contributed by atoms with van der Waals surface area (Å²) in [5.74, 6) is -0.801. The van der Waals surface area contributed by atoms with Crippen molar-refractivity contribution in [2.75, 3.05) is 6.61 Å². The standard InChI is InChI=1S/C18H22O4/c1-5-21-16(19)12-10-14-8-6-7-9-15(14)11-13-17(20)22-18(2,3)4/h6-13H,5H2,1-4H3/b12-10+,13-11+. The van der Waals surface area contributed by atoms with E-state index in [0.717, 1.165) is 11.1 Å². The molecule has 1 rings (SSSR count). The first-order chi connectivity index (χ1) is 10.3. The van der Waals surface area contributed by atoms with E-state index >= 15 is 0 Å². The Bertz CT molecular complexity index is 577. The summed E-state index contributed by atoms with van der Waals surface area (Å²) >= 11 is 0. The lowest BCUT2D eigenvalue weighted by molar-refractivity contribution is -0.148. The highest BCUT2D eigenvalue weighted by molar-refractivity contribution is 5.90.